The standard InChI is InChI=1S/C13H16ClFN2O3/c1-2-20-7-3-6-16-12(18)13(19)17-11-5-4-9(14)8-10(11)15/h4-5,8H,2-3,6-7H2,1H3,(H,16,18)(H,17,19). The van der Waals surface area contributed by atoms with E-state index in [1.807, 2.05) is 6.92 Å². The molecule has 110 valence electrons. The normalized spacial score (nSPS) is 10.2. The lowest BCUT2D eigenvalue weighted by molar-refractivity contribution is -0.136. The topological polar surface area (TPSA) is 67.4 Å². The summed E-state index contributed by atoms with van der Waals surface area (Å²) in [7, 11) is 0. The van der Waals surface area contributed by atoms with Crippen LogP contribution in [0.2, 0.25) is 5.02 Å². The maximum Gasteiger partial charge on any atom is 0.313 e. The van der Waals surface area contributed by atoms with Gasteiger partial charge in [-0.25, -0.2) is 4.39 Å². The Morgan fingerprint density at radius 2 is 2.10 bits per heavy atom. The average molecular weight is 303 g/mol. The van der Waals surface area contributed by atoms with Gasteiger partial charge in [0, 0.05) is 24.8 Å². The molecule has 0 aliphatic rings. The minimum absolute atomic E-state index is 0.0936. The van der Waals surface area contributed by atoms with Crippen LogP contribution in [0.4, 0.5) is 10.1 Å². The summed E-state index contributed by atoms with van der Waals surface area (Å²) in [5.41, 5.74) is -0.0936. The number of hydrogen-bond acceptors (Lipinski definition) is 3. The second-order valence-electron chi connectivity index (χ2n) is 3.88. The lowest BCUT2D eigenvalue weighted by Crippen LogP contribution is -2.36. The van der Waals surface area contributed by atoms with Gasteiger partial charge in [0.15, 0.2) is 0 Å². The molecule has 0 spiro atoms. The van der Waals surface area contributed by atoms with Crippen molar-refractivity contribution in [1.82, 2.24) is 5.32 Å². The molecule has 1 aromatic carbocycles. The first-order valence-electron chi connectivity index (χ1n) is 6.16. The molecule has 20 heavy (non-hydrogen) atoms. The zero-order chi connectivity index (χ0) is 15.0. The monoisotopic (exact) mass is 302 g/mol. The zero-order valence-electron chi connectivity index (χ0n) is 11.0. The Morgan fingerprint density at radius 3 is 2.75 bits per heavy atom. The molecule has 0 heterocycles. The van der Waals surface area contributed by atoms with E-state index in [2.05, 4.69) is 10.6 Å². The fourth-order valence-electron chi connectivity index (χ4n) is 1.37. The molecule has 0 atom stereocenters. The maximum absolute atomic E-state index is 13.4. The first-order valence-corrected chi connectivity index (χ1v) is 6.54. The first-order chi connectivity index (χ1) is 9.54. The van der Waals surface area contributed by atoms with Crippen LogP contribution in [-0.4, -0.2) is 31.6 Å². The molecular formula is C13H16ClFN2O3. The molecule has 1 aromatic rings. The summed E-state index contributed by atoms with van der Waals surface area (Å²) >= 11 is 5.58. The number of amides is 2. The number of halogens is 2. The van der Waals surface area contributed by atoms with E-state index >= 15 is 0 Å². The smallest absolute Gasteiger partial charge is 0.313 e. The zero-order valence-corrected chi connectivity index (χ0v) is 11.8. The van der Waals surface area contributed by atoms with Crippen LogP contribution in [0.5, 0.6) is 0 Å². The second kappa shape index (κ2) is 8.50. The van der Waals surface area contributed by atoms with Gasteiger partial charge in [-0.2, -0.15) is 0 Å². The lowest BCUT2D eigenvalue weighted by Gasteiger charge is -2.07. The Hall–Kier alpha value is -1.66. The highest BCUT2D eigenvalue weighted by Gasteiger charge is 2.15. The number of anilines is 1. The van der Waals surface area contributed by atoms with E-state index in [-0.39, 0.29) is 10.7 Å². The summed E-state index contributed by atoms with van der Waals surface area (Å²) in [5, 5.41) is 4.80. The van der Waals surface area contributed by atoms with Gasteiger partial charge >= 0.3 is 11.8 Å². The first kappa shape index (κ1) is 16.4. The molecular weight excluding hydrogens is 287 g/mol. The Kier molecular flexibility index (Phi) is 6.97. The predicted octanol–water partition coefficient (Wildman–Crippen LogP) is 1.96. The number of carbonyl (C=O) groups excluding carboxylic acids is 2. The van der Waals surface area contributed by atoms with Crippen LogP contribution in [0.1, 0.15) is 13.3 Å². The van der Waals surface area contributed by atoms with Gasteiger partial charge in [0.05, 0.1) is 5.69 Å². The minimum Gasteiger partial charge on any atom is -0.382 e. The molecule has 7 heteroatoms. The quantitative estimate of drug-likeness (QED) is 0.623. The van der Waals surface area contributed by atoms with Crippen LogP contribution in [0.15, 0.2) is 18.2 Å². The van der Waals surface area contributed by atoms with Crippen LogP contribution in [-0.2, 0) is 14.3 Å². The van der Waals surface area contributed by atoms with Gasteiger partial charge in [-0.3, -0.25) is 9.59 Å². The van der Waals surface area contributed by atoms with E-state index in [1.54, 1.807) is 0 Å². The third-order valence-electron chi connectivity index (χ3n) is 2.34. The molecule has 0 radical (unpaired) electrons. The third-order valence-corrected chi connectivity index (χ3v) is 2.58. The maximum atomic E-state index is 13.4. The number of ether oxygens (including phenoxy) is 1. The number of benzene rings is 1. The summed E-state index contributed by atoms with van der Waals surface area (Å²) in [6.07, 6.45) is 0.599. The van der Waals surface area contributed by atoms with E-state index < -0.39 is 17.6 Å². The van der Waals surface area contributed by atoms with Crippen LogP contribution >= 0.6 is 11.6 Å². The van der Waals surface area contributed by atoms with Gasteiger partial charge in [0.1, 0.15) is 5.82 Å². The van der Waals surface area contributed by atoms with Gasteiger partial charge in [0.25, 0.3) is 0 Å². The summed E-state index contributed by atoms with van der Waals surface area (Å²) < 4.78 is 18.5. The van der Waals surface area contributed by atoms with E-state index in [1.165, 1.54) is 12.1 Å². The van der Waals surface area contributed by atoms with Gasteiger partial charge in [-0.05, 0) is 31.5 Å². The fraction of sp³-hybridized carbons (Fsp3) is 0.385. The van der Waals surface area contributed by atoms with Crippen molar-refractivity contribution in [2.45, 2.75) is 13.3 Å². The van der Waals surface area contributed by atoms with Crippen LogP contribution in [0.3, 0.4) is 0 Å². The Labute approximate surface area is 121 Å². The average Bonchev–Trinajstić information content (AvgIpc) is 2.41. The van der Waals surface area contributed by atoms with Crippen molar-refractivity contribution in [3.8, 4) is 0 Å². The molecule has 1 rings (SSSR count). The van der Waals surface area contributed by atoms with Crippen molar-refractivity contribution in [2.24, 2.45) is 0 Å². The molecule has 0 saturated heterocycles. The van der Waals surface area contributed by atoms with Gasteiger partial charge in [-0.1, -0.05) is 11.6 Å². The van der Waals surface area contributed by atoms with Crippen molar-refractivity contribution < 1.29 is 18.7 Å². The third kappa shape index (κ3) is 5.54. The van der Waals surface area contributed by atoms with Gasteiger partial charge in [0.2, 0.25) is 0 Å². The Balaban J connectivity index is 2.39. The number of carbonyl (C=O) groups is 2. The van der Waals surface area contributed by atoms with E-state index in [0.717, 1.165) is 6.07 Å². The molecule has 0 bridgehead atoms. The van der Waals surface area contributed by atoms with Crippen molar-refractivity contribution in [3.05, 3.63) is 29.0 Å². The molecule has 0 fully saturated rings. The van der Waals surface area contributed by atoms with Crippen molar-refractivity contribution in [3.63, 3.8) is 0 Å². The summed E-state index contributed by atoms with van der Waals surface area (Å²) in [5.74, 6) is -2.45. The Morgan fingerprint density at radius 1 is 1.35 bits per heavy atom. The molecule has 0 aliphatic heterocycles. The van der Waals surface area contributed by atoms with Gasteiger partial charge in [-0.15, -0.1) is 0 Å². The highest BCUT2D eigenvalue weighted by atomic mass is 35.5. The van der Waals surface area contributed by atoms with Crippen LogP contribution in [0.25, 0.3) is 0 Å². The SMILES string of the molecule is CCOCCCNC(=O)C(=O)Nc1ccc(Cl)cc1F. The molecule has 0 unspecified atom stereocenters. The predicted molar refractivity (Wildman–Crippen MR) is 74.2 cm³/mol. The molecule has 5 nitrogen and oxygen atoms in total. The summed E-state index contributed by atoms with van der Waals surface area (Å²) in [4.78, 5) is 23.0. The lowest BCUT2D eigenvalue weighted by atomic mass is 10.3. The van der Waals surface area contributed by atoms with E-state index in [9.17, 15) is 14.0 Å². The minimum atomic E-state index is -0.928. The second-order valence-corrected chi connectivity index (χ2v) is 4.32. The number of hydrogen-bond donors (Lipinski definition) is 2. The van der Waals surface area contributed by atoms with Gasteiger partial charge < -0.3 is 15.4 Å². The van der Waals surface area contributed by atoms with Crippen molar-refractivity contribution in [1.29, 1.82) is 0 Å². The van der Waals surface area contributed by atoms with E-state index in [4.69, 9.17) is 16.3 Å². The molecule has 2 amide bonds. The number of rotatable bonds is 6. The summed E-state index contributed by atoms with van der Waals surface area (Å²) in [6, 6.07) is 3.76. The number of nitrogens with one attached hydrogen (secondary N) is 2. The summed E-state index contributed by atoms with van der Waals surface area (Å²) in [6.45, 7) is 3.29. The largest absolute Gasteiger partial charge is 0.382 e. The van der Waals surface area contributed by atoms with Crippen LogP contribution in [0, 0.1) is 5.82 Å². The molecule has 0 aliphatic carbocycles. The Bertz CT molecular complexity index is 483. The van der Waals surface area contributed by atoms with Crippen molar-refractivity contribution in [2.75, 3.05) is 25.1 Å². The highest BCUT2D eigenvalue weighted by molar-refractivity contribution is 6.39. The molecule has 2 N–H and O–H groups in total. The molecule has 0 saturated carbocycles. The highest BCUT2D eigenvalue weighted by Crippen LogP contribution is 2.18. The fourth-order valence-corrected chi connectivity index (χ4v) is 1.53. The van der Waals surface area contributed by atoms with Crippen molar-refractivity contribution >= 4 is 29.1 Å². The van der Waals surface area contributed by atoms with Crippen LogP contribution < -0.4 is 10.6 Å². The molecule has 0 aromatic heterocycles. The van der Waals surface area contributed by atoms with E-state index in [0.29, 0.717) is 26.2 Å².